The number of nitrogens with zero attached hydrogens (tertiary/aromatic N) is 3. The fourth-order valence-corrected chi connectivity index (χ4v) is 1.89. The number of imidazole rings is 1. The maximum atomic E-state index is 10.7. The number of benzene rings is 1. The van der Waals surface area contributed by atoms with E-state index in [1.54, 1.807) is 23.0 Å². The molecule has 0 bridgehead atoms. The van der Waals surface area contributed by atoms with Crippen LogP contribution in [0, 0.1) is 10.1 Å². The van der Waals surface area contributed by atoms with E-state index in [4.69, 9.17) is 5.11 Å². The van der Waals surface area contributed by atoms with Gasteiger partial charge < -0.3 is 9.67 Å². The maximum Gasteiger partial charge on any atom is 0.309 e. The summed E-state index contributed by atoms with van der Waals surface area (Å²) in [7, 11) is 0. The first-order chi connectivity index (χ1) is 9.56. The molecule has 7 nitrogen and oxygen atoms in total. The number of nitro benzene ring substituents is 1. The molecule has 7 heteroatoms. The van der Waals surface area contributed by atoms with Crippen molar-refractivity contribution in [1.29, 1.82) is 0 Å². The SMILES string of the molecule is O=C(O)Cc1cncn1CCc1ccc([N+](=O)[O-])cc1. The second-order valence-electron chi connectivity index (χ2n) is 4.32. The summed E-state index contributed by atoms with van der Waals surface area (Å²) in [6.45, 7) is 0.584. The van der Waals surface area contributed by atoms with Crippen LogP contribution in [-0.2, 0) is 24.2 Å². The van der Waals surface area contributed by atoms with Crippen LogP contribution in [0.1, 0.15) is 11.3 Å². The molecule has 0 aliphatic heterocycles. The van der Waals surface area contributed by atoms with Crippen LogP contribution >= 0.6 is 0 Å². The highest BCUT2D eigenvalue weighted by molar-refractivity contribution is 5.69. The van der Waals surface area contributed by atoms with Crippen LogP contribution in [0.2, 0.25) is 0 Å². The minimum Gasteiger partial charge on any atom is -0.481 e. The zero-order valence-electron chi connectivity index (χ0n) is 10.6. The van der Waals surface area contributed by atoms with E-state index >= 15 is 0 Å². The van der Waals surface area contributed by atoms with Gasteiger partial charge in [-0.3, -0.25) is 14.9 Å². The summed E-state index contributed by atoms with van der Waals surface area (Å²) in [5.74, 6) is -0.901. The number of rotatable bonds is 6. The highest BCUT2D eigenvalue weighted by Crippen LogP contribution is 2.13. The van der Waals surface area contributed by atoms with E-state index in [1.807, 2.05) is 0 Å². The van der Waals surface area contributed by atoms with E-state index in [-0.39, 0.29) is 12.1 Å². The molecule has 0 aliphatic carbocycles. The van der Waals surface area contributed by atoms with E-state index in [0.717, 1.165) is 5.56 Å². The summed E-state index contributed by atoms with van der Waals surface area (Å²) in [6, 6.07) is 6.32. The Morgan fingerprint density at radius 2 is 2.05 bits per heavy atom. The molecule has 2 aromatic rings. The van der Waals surface area contributed by atoms with Crippen molar-refractivity contribution >= 4 is 11.7 Å². The molecule has 0 unspecified atom stereocenters. The third-order valence-corrected chi connectivity index (χ3v) is 2.92. The zero-order chi connectivity index (χ0) is 14.5. The molecule has 1 aromatic heterocycles. The summed E-state index contributed by atoms with van der Waals surface area (Å²) in [4.78, 5) is 24.7. The van der Waals surface area contributed by atoms with Crippen LogP contribution in [0.15, 0.2) is 36.8 Å². The average molecular weight is 275 g/mol. The molecule has 0 aliphatic rings. The van der Waals surface area contributed by atoms with E-state index in [9.17, 15) is 14.9 Å². The van der Waals surface area contributed by atoms with Gasteiger partial charge in [0.15, 0.2) is 0 Å². The smallest absolute Gasteiger partial charge is 0.309 e. The van der Waals surface area contributed by atoms with Crippen LogP contribution in [0.5, 0.6) is 0 Å². The first kappa shape index (κ1) is 13.7. The molecule has 0 saturated carbocycles. The Bertz CT molecular complexity index is 619. The van der Waals surface area contributed by atoms with Crippen molar-refractivity contribution in [2.45, 2.75) is 19.4 Å². The van der Waals surface area contributed by atoms with E-state index in [2.05, 4.69) is 4.98 Å². The standard InChI is InChI=1S/C13H13N3O4/c17-13(18)7-12-8-14-9-15(12)6-5-10-1-3-11(4-2-10)16(19)20/h1-4,8-9H,5-7H2,(H,17,18). The van der Waals surface area contributed by atoms with Crippen molar-refractivity contribution < 1.29 is 14.8 Å². The van der Waals surface area contributed by atoms with Crippen LogP contribution < -0.4 is 0 Å². The second-order valence-corrected chi connectivity index (χ2v) is 4.32. The van der Waals surface area contributed by atoms with Crippen molar-refractivity contribution in [1.82, 2.24) is 9.55 Å². The summed E-state index contributed by atoms with van der Waals surface area (Å²) in [5, 5.41) is 19.3. The lowest BCUT2D eigenvalue weighted by Gasteiger charge is -2.06. The number of aromatic nitrogens is 2. The van der Waals surface area contributed by atoms with Crippen molar-refractivity contribution in [3.8, 4) is 0 Å². The topological polar surface area (TPSA) is 98.3 Å². The number of carbonyl (C=O) groups is 1. The molecule has 20 heavy (non-hydrogen) atoms. The molecule has 0 radical (unpaired) electrons. The number of carboxylic acids is 1. The maximum absolute atomic E-state index is 10.7. The minimum atomic E-state index is -0.901. The van der Waals surface area contributed by atoms with Gasteiger partial charge in [0.05, 0.1) is 17.7 Å². The molecule has 1 N–H and O–H groups in total. The Balaban J connectivity index is 2.00. The van der Waals surface area contributed by atoms with E-state index < -0.39 is 10.9 Å². The largest absolute Gasteiger partial charge is 0.481 e. The lowest BCUT2D eigenvalue weighted by Crippen LogP contribution is -2.09. The van der Waals surface area contributed by atoms with Gasteiger partial charge in [0, 0.05) is 30.6 Å². The molecule has 0 spiro atoms. The normalized spacial score (nSPS) is 10.4. The number of hydrogen-bond donors (Lipinski definition) is 1. The van der Waals surface area contributed by atoms with Crippen LogP contribution in [0.25, 0.3) is 0 Å². The predicted octanol–water partition coefficient (Wildman–Crippen LogP) is 1.66. The first-order valence-corrected chi connectivity index (χ1v) is 6.00. The molecule has 0 saturated heterocycles. The fourth-order valence-electron chi connectivity index (χ4n) is 1.89. The molecule has 0 fully saturated rings. The van der Waals surface area contributed by atoms with Crippen molar-refractivity contribution in [3.05, 3.63) is 58.2 Å². The Kier molecular flexibility index (Phi) is 4.09. The van der Waals surface area contributed by atoms with Gasteiger partial charge in [0.2, 0.25) is 0 Å². The molecular weight excluding hydrogens is 262 g/mol. The quantitative estimate of drug-likeness (QED) is 0.638. The van der Waals surface area contributed by atoms with Crippen LogP contribution in [-0.4, -0.2) is 25.6 Å². The van der Waals surface area contributed by atoms with E-state index in [0.29, 0.717) is 18.7 Å². The van der Waals surface area contributed by atoms with Gasteiger partial charge in [-0.05, 0) is 12.0 Å². The summed E-state index contributed by atoms with van der Waals surface area (Å²) in [5.41, 5.74) is 1.65. The average Bonchev–Trinajstić information content (AvgIpc) is 2.83. The number of aryl methyl sites for hydroxylation is 2. The van der Waals surface area contributed by atoms with E-state index in [1.165, 1.54) is 18.3 Å². The first-order valence-electron chi connectivity index (χ1n) is 6.00. The molecule has 0 amide bonds. The Labute approximate surface area is 114 Å². The van der Waals surface area contributed by atoms with Crippen LogP contribution in [0.3, 0.4) is 0 Å². The van der Waals surface area contributed by atoms with Gasteiger partial charge in [0.1, 0.15) is 0 Å². The van der Waals surface area contributed by atoms with Crippen molar-refractivity contribution in [2.24, 2.45) is 0 Å². The number of nitro groups is 1. The zero-order valence-corrected chi connectivity index (χ0v) is 10.6. The van der Waals surface area contributed by atoms with Gasteiger partial charge in [-0.1, -0.05) is 12.1 Å². The molecule has 104 valence electrons. The molecule has 2 rings (SSSR count). The molecule has 1 heterocycles. The summed E-state index contributed by atoms with van der Waals surface area (Å²) < 4.78 is 1.77. The van der Waals surface area contributed by atoms with Crippen molar-refractivity contribution in [3.63, 3.8) is 0 Å². The second kappa shape index (κ2) is 5.96. The Morgan fingerprint density at radius 3 is 2.65 bits per heavy atom. The van der Waals surface area contributed by atoms with Gasteiger partial charge in [-0.15, -0.1) is 0 Å². The minimum absolute atomic E-state index is 0.0583. The number of non-ortho nitro benzene ring substituents is 1. The van der Waals surface area contributed by atoms with Crippen LogP contribution in [0.4, 0.5) is 5.69 Å². The third-order valence-electron chi connectivity index (χ3n) is 2.92. The predicted molar refractivity (Wildman–Crippen MR) is 70.4 cm³/mol. The van der Waals surface area contributed by atoms with Gasteiger partial charge in [-0.25, -0.2) is 4.98 Å². The Morgan fingerprint density at radius 1 is 1.35 bits per heavy atom. The molecule has 0 atom stereocenters. The number of carboxylic acid groups (broad SMARTS) is 1. The fraction of sp³-hybridized carbons (Fsp3) is 0.231. The van der Waals surface area contributed by atoms with Crippen molar-refractivity contribution in [2.75, 3.05) is 0 Å². The third kappa shape index (κ3) is 3.41. The lowest BCUT2D eigenvalue weighted by molar-refractivity contribution is -0.384. The molecule has 1 aromatic carbocycles. The lowest BCUT2D eigenvalue weighted by atomic mass is 10.1. The number of aliphatic carboxylic acids is 1. The highest BCUT2D eigenvalue weighted by atomic mass is 16.6. The van der Waals surface area contributed by atoms with Gasteiger partial charge in [0.25, 0.3) is 5.69 Å². The number of hydrogen-bond acceptors (Lipinski definition) is 4. The molecular formula is C13H13N3O4. The van der Waals surface area contributed by atoms with Gasteiger partial charge >= 0.3 is 5.97 Å². The Hall–Kier alpha value is -2.70. The summed E-state index contributed by atoms with van der Waals surface area (Å²) in [6.07, 6.45) is 3.70. The monoisotopic (exact) mass is 275 g/mol. The van der Waals surface area contributed by atoms with Gasteiger partial charge in [-0.2, -0.15) is 0 Å². The summed E-state index contributed by atoms with van der Waals surface area (Å²) >= 11 is 0. The highest BCUT2D eigenvalue weighted by Gasteiger charge is 2.08.